The number of phenols is 1. The zero-order chi connectivity index (χ0) is 15.5. The van der Waals surface area contributed by atoms with Crippen molar-refractivity contribution in [2.45, 2.75) is 33.2 Å². The summed E-state index contributed by atoms with van der Waals surface area (Å²) in [4.78, 5) is 0. The molecule has 0 aliphatic heterocycles. The Hall–Kier alpha value is -1.76. The van der Waals surface area contributed by atoms with Crippen LogP contribution in [0.2, 0.25) is 0 Å². The minimum absolute atomic E-state index is 0.0337. The van der Waals surface area contributed by atoms with Crippen molar-refractivity contribution in [3.8, 4) is 5.75 Å². The van der Waals surface area contributed by atoms with E-state index in [1.54, 1.807) is 0 Å². The summed E-state index contributed by atoms with van der Waals surface area (Å²) in [5.74, 6) is -2.48. The van der Waals surface area contributed by atoms with Crippen LogP contribution in [0.25, 0.3) is 0 Å². The van der Waals surface area contributed by atoms with Gasteiger partial charge in [0.15, 0.2) is 16.7 Å². The van der Waals surface area contributed by atoms with Crippen molar-refractivity contribution in [2.75, 3.05) is 0 Å². The zero-order valence-electron chi connectivity index (χ0n) is 11.7. The summed E-state index contributed by atoms with van der Waals surface area (Å²) in [5.41, 5.74) is 2.49. The minimum Gasteiger partial charge on any atom is -0.504 e. The maximum absolute atomic E-state index is 13.2. The maximum atomic E-state index is 13.2. The lowest BCUT2D eigenvalue weighted by Crippen LogP contribution is -2.44. The van der Waals surface area contributed by atoms with Crippen LogP contribution in [0, 0.1) is 11.6 Å². The summed E-state index contributed by atoms with van der Waals surface area (Å²) in [6, 6.07) is 1.60. The van der Waals surface area contributed by atoms with Gasteiger partial charge in [-0.3, -0.25) is 5.43 Å². The Morgan fingerprint density at radius 2 is 1.90 bits per heavy atom. The minimum atomic E-state index is -1.04. The summed E-state index contributed by atoms with van der Waals surface area (Å²) in [7, 11) is 0. The van der Waals surface area contributed by atoms with Gasteiger partial charge < -0.3 is 10.4 Å². The second kappa shape index (κ2) is 6.13. The summed E-state index contributed by atoms with van der Waals surface area (Å²) in [6.45, 7) is 7.27. The lowest BCUT2D eigenvalue weighted by Gasteiger charge is -2.21. The molecule has 3 N–H and O–H groups in total. The first-order valence-corrected chi connectivity index (χ1v) is 6.32. The quantitative estimate of drug-likeness (QED) is 0.446. The topological polar surface area (TPSA) is 56.7 Å². The van der Waals surface area contributed by atoms with Crippen LogP contribution in [0.3, 0.4) is 0 Å². The van der Waals surface area contributed by atoms with Crippen LogP contribution in [0.15, 0.2) is 17.2 Å². The molecule has 7 heteroatoms. The van der Waals surface area contributed by atoms with Crippen molar-refractivity contribution in [1.82, 2.24) is 10.7 Å². The number of thiocarbonyl (C=S) groups is 1. The smallest absolute Gasteiger partial charge is 0.187 e. The monoisotopic (exact) mass is 301 g/mol. The van der Waals surface area contributed by atoms with Gasteiger partial charge in [-0.2, -0.15) is 5.10 Å². The summed E-state index contributed by atoms with van der Waals surface area (Å²) in [6.07, 6.45) is 0. The Morgan fingerprint density at radius 1 is 1.30 bits per heavy atom. The van der Waals surface area contributed by atoms with Gasteiger partial charge in [0, 0.05) is 17.2 Å². The van der Waals surface area contributed by atoms with E-state index < -0.39 is 17.4 Å². The molecule has 0 atom stereocenters. The van der Waals surface area contributed by atoms with Crippen LogP contribution < -0.4 is 10.7 Å². The molecular formula is C13H17F2N3OS. The number of nitrogens with one attached hydrogen (secondary N) is 2. The molecule has 1 aromatic rings. The first-order valence-electron chi connectivity index (χ1n) is 5.91. The van der Waals surface area contributed by atoms with Gasteiger partial charge in [-0.25, -0.2) is 8.78 Å². The molecule has 0 saturated heterocycles. The third-order valence-corrected chi connectivity index (χ3v) is 2.42. The highest BCUT2D eigenvalue weighted by atomic mass is 32.1. The largest absolute Gasteiger partial charge is 0.504 e. The van der Waals surface area contributed by atoms with E-state index in [-0.39, 0.29) is 21.9 Å². The normalized spacial score (nSPS) is 12.2. The second-order valence-electron chi connectivity index (χ2n) is 5.30. The molecule has 0 radical (unpaired) electrons. The van der Waals surface area contributed by atoms with E-state index >= 15 is 0 Å². The predicted octanol–water partition coefficient (Wildman–Crippen LogP) is 2.66. The lowest BCUT2D eigenvalue weighted by molar-refractivity contribution is 0.426. The Labute approximate surface area is 121 Å². The molecule has 20 heavy (non-hydrogen) atoms. The van der Waals surface area contributed by atoms with Crippen molar-refractivity contribution in [3.05, 3.63) is 29.3 Å². The third-order valence-electron chi connectivity index (χ3n) is 2.23. The Morgan fingerprint density at radius 3 is 2.45 bits per heavy atom. The van der Waals surface area contributed by atoms with Crippen molar-refractivity contribution < 1.29 is 13.9 Å². The van der Waals surface area contributed by atoms with Gasteiger partial charge in [-0.05, 0) is 46.0 Å². The van der Waals surface area contributed by atoms with Gasteiger partial charge in [-0.1, -0.05) is 0 Å². The molecule has 110 valence electrons. The molecule has 0 aliphatic rings. The first-order chi connectivity index (χ1) is 9.10. The molecule has 0 saturated carbocycles. The third kappa shape index (κ3) is 4.73. The van der Waals surface area contributed by atoms with Gasteiger partial charge in [0.2, 0.25) is 0 Å². The molecule has 1 rings (SSSR count). The number of hydrogen-bond donors (Lipinski definition) is 3. The number of hydrogen-bond acceptors (Lipinski definition) is 3. The molecule has 0 spiro atoms. The first kappa shape index (κ1) is 16.3. The number of phenolic OH excluding ortho intramolecular Hbond substituents is 1. The van der Waals surface area contributed by atoms with Crippen molar-refractivity contribution in [3.63, 3.8) is 0 Å². The average Bonchev–Trinajstić information content (AvgIpc) is 2.28. The van der Waals surface area contributed by atoms with Crippen LogP contribution in [0.5, 0.6) is 5.75 Å². The molecule has 0 heterocycles. The fourth-order valence-electron chi connectivity index (χ4n) is 1.41. The lowest BCUT2D eigenvalue weighted by atomic mass is 10.1. The predicted molar refractivity (Wildman–Crippen MR) is 78.9 cm³/mol. The van der Waals surface area contributed by atoms with E-state index in [1.165, 1.54) is 6.92 Å². The van der Waals surface area contributed by atoms with E-state index in [2.05, 4.69) is 15.8 Å². The SMILES string of the molecule is C/C(=N\NC(=S)NC(C)(C)C)c1cc(F)cc(F)c1O. The highest BCUT2D eigenvalue weighted by Gasteiger charge is 2.13. The van der Waals surface area contributed by atoms with Gasteiger partial charge >= 0.3 is 0 Å². The Balaban J connectivity index is 2.88. The number of rotatable bonds is 2. The molecule has 0 unspecified atom stereocenters. The van der Waals surface area contributed by atoms with Crippen molar-refractivity contribution in [1.29, 1.82) is 0 Å². The van der Waals surface area contributed by atoms with Crippen LogP contribution in [0.1, 0.15) is 33.3 Å². The van der Waals surface area contributed by atoms with E-state index in [0.717, 1.165) is 6.07 Å². The maximum Gasteiger partial charge on any atom is 0.187 e. The molecule has 0 amide bonds. The van der Waals surface area contributed by atoms with Crippen LogP contribution in [0.4, 0.5) is 8.78 Å². The standard InChI is InChI=1S/C13H17F2N3OS/c1-7(17-18-12(20)16-13(2,3)4)9-5-8(14)6-10(15)11(9)19/h5-6,19H,1-4H3,(H2,16,18,20)/b17-7+. The van der Waals surface area contributed by atoms with E-state index in [4.69, 9.17) is 12.2 Å². The highest BCUT2D eigenvalue weighted by molar-refractivity contribution is 7.80. The van der Waals surface area contributed by atoms with E-state index in [1.807, 2.05) is 20.8 Å². The average molecular weight is 301 g/mol. The number of nitrogens with zero attached hydrogens (tertiary/aromatic N) is 1. The van der Waals surface area contributed by atoms with Crippen molar-refractivity contribution >= 4 is 23.0 Å². The second-order valence-corrected chi connectivity index (χ2v) is 5.71. The zero-order valence-corrected chi connectivity index (χ0v) is 12.5. The summed E-state index contributed by atoms with van der Waals surface area (Å²) in [5, 5.41) is 16.7. The van der Waals surface area contributed by atoms with Crippen LogP contribution in [-0.4, -0.2) is 21.5 Å². The Kier molecular flexibility index (Phi) is 4.99. The number of halogens is 2. The van der Waals surface area contributed by atoms with E-state index in [0.29, 0.717) is 6.07 Å². The molecule has 0 bridgehead atoms. The molecule has 0 aromatic heterocycles. The number of benzene rings is 1. The van der Waals surface area contributed by atoms with Gasteiger partial charge in [-0.15, -0.1) is 0 Å². The molecule has 0 aliphatic carbocycles. The van der Waals surface area contributed by atoms with Crippen LogP contribution in [-0.2, 0) is 0 Å². The molecule has 0 fully saturated rings. The van der Waals surface area contributed by atoms with Crippen LogP contribution >= 0.6 is 12.2 Å². The van der Waals surface area contributed by atoms with Gasteiger partial charge in [0.25, 0.3) is 0 Å². The van der Waals surface area contributed by atoms with Gasteiger partial charge in [0.05, 0.1) is 5.71 Å². The summed E-state index contributed by atoms with van der Waals surface area (Å²) >= 11 is 5.01. The Bertz CT molecular complexity index is 553. The van der Waals surface area contributed by atoms with Crippen molar-refractivity contribution in [2.24, 2.45) is 5.10 Å². The number of hydrazone groups is 1. The summed E-state index contributed by atoms with van der Waals surface area (Å²) < 4.78 is 26.3. The fraction of sp³-hybridized carbons (Fsp3) is 0.385. The molecule has 1 aromatic carbocycles. The molecule has 4 nitrogen and oxygen atoms in total. The van der Waals surface area contributed by atoms with E-state index in [9.17, 15) is 13.9 Å². The number of aromatic hydroxyl groups is 1. The van der Waals surface area contributed by atoms with Gasteiger partial charge in [0.1, 0.15) is 5.82 Å². The highest BCUT2D eigenvalue weighted by Crippen LogP contribution is 2.23. The fourth-order valence-corrected chi connectivity index (χ4v) is 1.76. The molecular weight excluding hydrogens is 284 g/mol.